The van der Waals surface area contributed by atoms with Crippen LogP contribution in [0.3, 0.4) is 0 Å². The normalized spacial score (nSPS) is 13.5. The molecule has 1 aliphatic heterocycles. The van der Waals surface area contributed by atoms with Crippen molar-refractivity contribution in [2.75, 3.05) is 30.9 Å². The maximum absolute atomic E-state index is 13.7. The van der Waals surface area contributed by atoms with Gasteiger partial charge in [-0.05, 0) is 43.2 Å². The lowest BCUT2D eigenvalue weighted by atomic mass is 10.1. The monoisotopic (exact) mass is 550 g/mol. The molecule has 0 saturated heterocycles. The van der Waals surface area contributed by atoms with Crippen molar-refractivity contribution >= 4 is 36.8 Å². The highest BCUT2D eigenvalue weighted by atomic mass is 31.2. The van der Waals surface area contributed by atoms with Crippen molar-refractivity contribution in [1.29, 1.82) is 0 Å². The number of hydrogen-bond donors (Lipinski definition) is 2. The lowest BCUT2D eigenvalue weighted by Gasteiger charge is -2.17. The van der Waals surface area contributed by atoms with E-state index in [4.69, 9.17) is 9.05 Å². The molecule has 0 fully saturated rings. The van der Waals surface area contributed by atoms with Gasteiger partial charge in [0.1, 0.15) is 17.2 Å². The first-order chi connectivity index (χ1) is 18.0. The molecule has 0 atom stereocenters. The number of alkyl halides is 3. The Morgan fingerprint density at radius 1 is 1.03 bits per heavy atom. The molecule has 3 aromatic rings. The summed E-state index contributed by atoms with van der Waals surface area (Å²) in [6, 6.07) is 8.31. The van der Waals surface area contributed by atoms with Gasteiger partial charge in [-0.2, -0.15) is 18.2 Å². The number of nitrogens with one attached hydrogen (secondary N) is 2. The summed E-state index contributed by atoms with van der Waals surface area (Å²) in [5, 5.41) is 5.45. The third-order valence-corrected chi connectivity index (χ3v) is 7.63. The minimum atomic E-state index is -4.75. The quantitative estimate of drug-likeness (QED) is 0.305. The molecule has 202 valence electrons. The van der Waals surface area contributed by atoms with E-state index in [1.54, 1.807) is 51.2 Å². The van der Waals surface area contributed by atoms with E-state index in [2.05, 4.69) is 25.6 Å². The standard InChI is InChI=1S/C24H26F3N6O4P/c1-4-36-38(35,37-5-2)14-15-6-8-17(9-7-15)30-23-29-12-18(24(25,26)27)20(32-23)31-21-19-16(10-11-28-21)13-33(3)22(19)34/h6-12H,4-5,13-14H2,1-3H3,(H2,28,29,30,31,32). The van der Waals surface area contributed by atoms with Crippen molar-refractivity contribution in [2.45, 2.75) is 32.7 Å². The predicted molar refractivity (Wildman–Crippen MR) is 135 cm³/mol. The van der Waals surface area contributed by atoms with Crippen LogP contribution in [0, 0.1) is 0 Å². The molecule has 0 radical (unpaired) electrons. The average Bonchev–Trinajstić information content (AvgIpc) is 3.14. The summed E-state index contributed by atoms with van der Waals surface area (Å²) in [5.74, 6) is -1.04. The first-order valence-corrected chi connectivity index (χ1v) is 13.4. The first-order valence-electron chi connectivity index (χ1n) is 11.7. The van der Waals surface area contributed by atoms with Crippen LogP contribution in [0.4, 0.5) is 36.4 Å². The maximum Gasteiger partial charge on any atom is 0.421 e. The average molecular weight is 550 g/mol. The zero-order chi connectivity index (χ0) is 27.5. The summed E-state index contributed by atoms with van der Waals surface area (Å²) in [6.45, 7) is 4.26. The second-order valence-corrected chi connectivity index (χ2v) is 10.4. The molecule has 2 N–H and O–H groups in total. The number of pyridine rings is 1. The molecule has 1 aromatic carbocycles. The highest BCUT2D eigenvalue weighted by molar-refractivity contribution is 7.53. The van der Waals surface area contributed by atoms with Crippen molar-refractivity contribution in [2.24, 2.45) is 0 Å². The summed E-state index contributed by atoms with van der Waals surface area (Å²) < 4.78 is 64.6. The largest absolute Gasteiger partial charge is 0.421 e. The molecule has 38 heavy (non-hydrogen) atoms. The molecule has 1 amide bonds. The number of aromatic nitrogens is 3. The van der Waals surface area contributed by atoms with E-state index < -0.39 is 25.2 Å². The van der Waals surface area contributed by atoms with Crippen LogP contribution in [0.25, 0.3) is 0 Å². The highest BCUT2D eigenvalue weighted by Gasteiger charge is 2.36. The highest BCUT2D eigenvalue weighted by Crippen LogP contribution is 2.51. The van der Waals surface area contributed by atoms with Crippen molar-refractivity contribution < 1.29 is 31.6 Å². The molecule has 0 saturated carbocycles. The van der Waals surface area contributed by atoms with Gasteiger partial charge in [-0.3, -0.25) is 9.36 Å². The predicted octanol–water partition coefficient (Wildman–Crippen LogP) is 5.73. The zero-order valence-electron chi connectivity index (χ0n) is 20.9. The van der Waals surface area contributed by atoms with Crippen LogP contribution in [0.15, 0.2) is 42.7 Å². The molecule has 3 heterocycles. The molecule has 1 aliphatic rings. The van der Waals surface area contributed by atoms with Gasteiger partial charge in [0.15, 0.2) is 0 Å². The lowest BCUT2D eigenvalue weighted by molar-refractivity contribution is -0.137. The van der Waals surface area contributed by atoms with Crippen LogP contribution in [-0.4, -0.2) is 46.0 Å². The summed E-state index contributed by atoms with van der Waals surface area (Å²) >= 11 is 0. The van der Waals surface area contributed by atoms with Crippen LogP contribution in [0.2, 0.25) is 0 Å². The zero-order valence-corrected chi connectivity index (χ0v) is 21.8. The van der Waals surface area contributed by atoms with E-state index in [9.17, 15) is 22.5 Å². The van der Waals surface area contributed by atoms with Crippen molar-refractivity contribution in [3.05, 3.63) is 65.0 Å². The Kier molecular flexibility index (Phi) is 8.00. The third-order valence-electron chi connectivity index (χ3n) is 5.57. The van der Waals surface area contributed by atoms with Gasteiger partial charge in [0.05, 0.1) is 24.9 Å². The first kappa shape index (κ1) is 27.5. The number of nitrogens with zero attached hydrogens (tertiary/aromatic N) is 4. The van der Waals surface area contributed by atoms with E-state index in [-0.39, 0.29) is 42.6 Å². The van der Waals surface area contributed by atoms with Crippen LogP contribution in [0.5, 0.6) is 0 Å². The number of fused-ring (bicyclic) bond motifs is 1. The summed E-state index contributed by atoms with van der Waals surface area (Å²) in [4.78, 5) is 25.9. The van der Waals surface area contributed by atoms with E-state index in [0.29, 0.717) is 29.6 Å². The fourth-order valence-corrected chi connectivity index (χ4v) is 5.61. The molecule has 2 aromatic heterocycles. The van der Waals surface area contributed by atoms with Crippen LogP contribution in [0.1, 0.15) is 40.9 Å². The van der Waals surface area contributed by atoms with Gasteiger partial charge in [0.2, 0.25) is 5.95 Å². The van der Waals surface area contributed by atoms with E-state index in [0.717, 1.165) is 0 Å². The van der Waals surface area contributed by atoms with Crippen molar-refractivity contribution in [3.8, 4) is 0 Å². The Morgan fingerprint density at radius 2 is 1.71 bits per heavy atom. The molecule has 14 heteroatoms. The molecule has 0 aliphatic carbocycles. The SMILES string of the molecule is CCOP(=O)(Cc1ccc(Nc2ncc(C(F)(F)F)c(Nc3nccc4c3C(=O)N(C)C4)n2)cc1)OCC. The van der Waals surface area contributed by atoms with Crippen LogP contribution < -0.4 is 10.6 Å². The summed E-state index contributed by atoms with van der Waals surface area (Å²) in [6.07, 6.45) is -2.61. The van der Waals surface area contributed by atoms with E-state index in [1.165, 1.54) is 11.1 Å². The molecule has 4 rings (SSSR count). The number of anilines is 4. The van der Waals surface area contributed by atoms with Gasteiger partial charge in [-0.25, -0.2) is 9.97 Å². The molecular weight excluding hydrogens is 524 g/mol. The van der Waals surface area contributed by atoms with Gasteiger partial charge in [-0.1, -0.05) is 12.1 Å². The smallest absolute Gasteiger partial charge is 0.337 e. The van der Waals surface area contributed by atoms with Crippen molar-refractivity contribution in [1.82, 2.24) is 19.9 Å². The fraction of sp³-hybridized carbons (Fsp3) is 0.333. The maximum atomic E-state index is 13.7. The second-order valence-electron chi connectivity index (χ2n) is 8.36. The van der Waals surface area contributed by atoms with Gasteiger partial charge < -0.3 is 24.6 Å². The Hall–Kier alpha value is -3.54. The number of benzene rings is 1. The van der Waals surface area contributed by atoms with E-state index >= 15 is 0 Å². The Morgan fingerprint density at radius 3 is 2.34 bits per heavy atom. The number of carbonyl (C=O) groups excluding carboxylic acids is 1. The lowest BCUT2D eigenvalue weighted by Crippen LogP contribution is -2.19. The number of amides is 1. The Bertz CT molecular complexity index is 1360. The summed E-state index contributed by atoms with van der Waals surface area (Å²) in [5.41, 5.74) is 0.907. The fourth-order valence-electron chi connectivity index (χ4n) is 3.91. The Labute approximate surface area is 217 Å². The molecular formula is C24H26F3N6O4P. The topological polar surface area (TPSA) is 119 Å². The minimum absolute atomic E-state index is 0.0237. The number of halogens is 3. The van der Waals surface area contributed by atoms with Crippen LogP contribution >= 0.6 is 7.60 Å². The summed E-state index contributed by atoms with van der Waals surface area (Å²) in [7, 11) is -1.70. The van der Waals surface area contributed by atoms with Crippen LogP contribution in [-0.2, 0) is 32.5 Å². The molecule has 0 unspecified atom stereocenters. The molecule has 0 spiro atoms. The van der Waals surface area contributed by atoms with E-state index in [1.807, 2.05) is 0 Å². The van der Waals surface area contributed by atoms with Gasteiger partial charge in [0.25, 0.3) is 5.91 Å². The third kappa shape index (κ3) is 6.12. The van der Waals surface area contributed by atoms with Gasteiger partial charge >= 0.3 is 13.8 Å². The Balaban J connectivity index is 1.58. The second kappa shape index (κ2) is 11.1. The number of rotatable bonds is 10. The number of carbonyl (C=O) groups is 1. The van der Waals surface area contributed by atoms with Gasteiger partial charge in [0, 0.05) is 31.7 Å². The van der Waals surface area contributed by atoms with Gasteiger partial charge in [-0.15, -0.1) is 0 Å². The minimum Gasteiger partial charge on any atom is -0.337 e. The number of hydrogen-bond acceptors (Lipinski definition) is 9. The van der Waals surface area contributed by atoms with Crippen molar-refractivity contribution in [3.63, 3.8) is 0 Å². The molecule has 0 bridgehead atoms. The molecule has 10 nitrogen and oxygen atoms in total.